The first kappa shape index (κ1) is 18.8. The monoisotopic (exact) mass is 361 g/mol. The number of anilines is 2. The normalized spacial score (nSPS) is 10.4. The number of hydrogen-bond acceptors (Lipinski definition) is 3. The Morgan fingerprint density at radius 2 is 1.60 bits per heavy atom. The zero-order valence-electron chi connectivity index (χ0n) is 14.0. The van der Waals surface area contributed by atoms with Gasteiger partial charge in [0.15, 0.2) is 0 Å². The Balaban J connectivity index is 1.83. The lowest BCUT2D eigenvalue weighted by molar-refractivity contribution is -0.113. The maximum absolute atomic E-state index is 13.5. The highest BCUT2D eigenvalue weighted by atomic mass is 32.2. The summed E-state index contributed by atoms with van der Waals surface area (Å²) in [5, 5.41) is 8.15. The number of amides is 3. The van der Waals surface area contributed by atoms with E-state index in [0.29, 0.717) is 16.3 Å². The molecule has 0 aliphatic carbocycles. The first-order chi connectivity index (χ1) is 11.9. The molecule has 0 fully saturated rings. The van der Waals surface area contributed by atoms with Gasteiger partial charge in [0.2, 0.25) is 5.91 Å². The van der Waals surface area contributed by atoms with E-state index in [1.165, 1.54) is 6.07 Å². The first-order valence-corrected chi connectivity index (χ1v) is 8.77. The van der Waals surface area contributed by atoms with E-state index in [1.54, 1.807) is 42.5 Å². The van der Waals surface area contributed by atoms with Crippen LogP contribution < -0.4 is 16.0 Å². The van der Waals surface area contributed by atoms with Crippen LogP contribution in [0.4, 0.5) is 20.6 Å². The van der Waals surface area contributed by atoms with E-state index in [2.05, 4.69) is 16.0 Å². The second kappa shape index (κ2) is 9.08. The van der Waals surface area contributed by atoms with Crippen LogP contribution in [-0.4, -0.2) is 23.7 Å². The van der Waals surface area contributed by atoms with Gasteiger partial charge in [-0.3, -0.25) is 4.79 Å². The minimum absolute atomic E-state index is 0.0468. The van der Waals surface area contributed by atoms with Crippen molar-refractivity contribution in [1.29, 1.82) is 0 Å². The van der Waals surface area contributed by atoms with Gasteiger partial charge in [-0.15, -0.1) is 11.8 Å². The summed E-state index contributed by atoms with van der Waals surface area (Å²) in [6.07, 6.45) is 0. The smallest absolute Gasteiger partial charge is 0.319 e. The van der Waals surface area contributed by atoms with Crippen LogP contribution in [0, 0.1) is 5.82 Å². The van der Waals surface area contributed by atoms with Crippen molar-refractivity contribution in [3.63, 3.8) is 0 Å². The van der Waals surface area contributed by atoms with E-state index in [9.17, 15) is 14.0 Å². The van der Waals surface area contributed by atoms with Gasteiger partial charge in [0, 0.05) is 22.3 Å². The maximum Gasteiger partial charge on any atom is 0.319 e. The van der Waals surface area contributed by atoms with Crippen LogP contribution in [0.3, 0.4) is 0 Å². The summed E-state index contributed by atoms with van der Waals surface area (Å²) in [5.74, 6) is -0.459. The molecule has 132 valence electrons. The van der Waals surface area contributed by atoms with Gasteiger partial charge in [0.05, 0.1) is 5.75 Å². The molecule has 2 aromatic rings. The second-order valence-electron chi connectivity index (χ2n) is 5.60. The molecule has 0 aliphatic heterocycles. The highest BCUT2D eigenvalue weighted by Gasteiger charge is 2.07. The van der Waals surface area contributed by atoms with E-state index in [0.717, 1.165) is 11.8 Å². The summed E-state index contributed by atoms with van der Waals surface area (Å²) in [4.78, 5) is 24.0. The molecule has 0 unspecified atom stereocenters. The van der Waals surface area contributed by atoms with Gasteiger partial charge in [0.25, 0.3) is 0 Å². The Kier molecular flexibility index (Phi) is 6.82. The molecule has 0 bridgehead atoms. The topological polar surface area (TPSA) is 70.2 Å². The molecule has 7 heteroatoms. The molecule has 0 saturated carbocycles. The molecule has 0 radical (unpaired) electrons. The van der Waals surface area contributed by atoms with Crippen LogP contribution >= 0.6 is 11.8 Å². The number of halogens is 1. The molecule has 3 amide bonds. The standard InChI is InChI=1S/C18H20FN3O2S/c1-12(2)20-18(24)22-14-9-7-13(8-10-14)21-17(23)11-25-16-6-4-3-5-15(16)19/h3-10,12H,11H2,1-2H3,(H,21,23)(H2,20,22,24). The highest BCUT2D eigenvalue weighted by molar-refractivity contribution is 8.00. The van der Waals surface area contributed by atoms with Gasteiger partial charge < -0.3 is 16.0 Å². The number of rotatable bonds is 6. The Morgan fingerprint density at radius 1 is 1.00 bits per heavy atom. The molecule has 0 aromatic heterocycles. The van der Waals surface area contributed by atoms with E-state index in [-0.39, 0.29) is 29.6 Å². The number of carbonyl (C=O) groups excluding carboxylic acids is 2. The van der Waals surface area contributed by atoms with Gasteiger partial charge in [-0.1, -0.05) is 12.1 Å². The van der Waals surface area contributed by atoms with E-state index in [1.807, 2.05) is 13.8 Å². The summed E-state index contributed by atoms with van der Waals surface area (Å²) in [5.41, 5.74) is 1.23. The summed E-state index contributed by atoms with van der Waals surface area (Å²) in [7, 11) is 0. The fourth-order valence-corrected chi connectivity index (χ4v) is 2.71. The molecule has 2 aromatic carbocycles. The van der Waals surface area contributed by atoms with Gasteiger partial charge in [-0.2, -0.15) is 0 Å². The van der Waals surface area contributed by atoms with Crippen LogP contribution in [0.25, 0.3) is 0 Å². The van der Waals surface area contributed by atoms with Crippen LogP contribution in [0.1, 0.15) is 13.8 Å². The summed E-state index contributed by atoms with van der Waals surface area (Å²) < 4.78 is 13.5. The zero-order valence-corrected chi connectivity index (χ0v) is 14.8. The third kappa shape index (κ3) is 6.46. The van der Waals surface area contributed by atoms with Crippen molar-refractivity contribution in [3.05, 3.63) is 54.3 Å². The molecular formula is C18H20FN3O2S. The lowest BCUT2D eigenvalue weighted by Crippen LogP contribution is -2.34. The van der Waals surface area contributed by atoms with Crippen LogP contribution in [0.15, 0.2) is 53.4 Å². The predicted octanol–water partition coefficient (Wildman–Crippen LogP) is 4.09. The Labute approximate surface area is 150 Å². The number of nitrogens with one attached hydrogen (secondary N) is 3. The second-order valence-corrected chi connectivity index (χ2v) is 6.61. The molecular weight excluding hydrogens is 341 g/mol. The fraction of sp³-hybridized carbons (Fsp3) is 0.222. The number of benzene rings is 2. The van der Waals surface area contributed by atoms with Crippen molar-refractivity contribution in [2.75, 3.05) is 16.4 Å². The van der Waals surface area contributed by atoms with Crippen molar-refractivity contribution in [1.82, 2.24) is 5.32 Å². The third-order valence-electron chi connectivity index (χ3n) is 3.04. The third-order valence-corrected chi connectivity index (χ3v) is 4.09. The molecule has 25 heavy (non-hydrogen) atoms. The minimum Gasteiger partial charge on any atom is -0.336 e. The van der Waals surface area contributed by atoms with Gasteiger partial charge in [-0.25, -0.2) is 9.18 Å². The molecule has 0 heterocycles. The first-order valence-electron chi connectivity index (χ1n) is 7.79. The van der Waals surface area contributed by atoms with Crippen LogP contribution in [0.2, 0.25) is 0 Å². The average molecular weight is 361 g/mol. The molecule has 3 N–H and O–H groups in total. The molecule has 5 nitrogen and oxygen atoms in total. The molecule has 0 aliphatic rings. The van der Waals surface area contributed by atoms with Crippen LogP contribution in [-0.2, 0) is 4.79 Å². The van der Waals surface area contributed by atoms with Crippen molar-refractivity contribution in [2.24, 2.45) is 0 Å². The zero-order chi connectivity index (χ0) is 18.2. The highest BCUT2D eigenvalue weighted by Crippen LogP contribution is 2.21. The molecule has 0 saturated heterocycles. The number of hydrogen-bond donors (Lipinski definition) is 3. The van der Waals surface area contributed by atoms with Crippen molar-refractivity contribution in [2.45, 2.75) is 24.8 Å². The molecule has 2 rings (SSSR count). The number of urea groups is 1. The minimum atomic E-state index is -0.338. The lowest BCUT2D eigenvalue weighted by Gasteiger charge is -2.11. The van der Waals surface area contributed by atoms with E-state index >= 15 is 0 Å². The number of thioether (sulfide) groups is 1. The predicted molar refractivity (Wildman–Crippen MR) is 99.5 cm³/mol. The van der Waals surface area contributed by atoms with Crippen molar-refractivity contribution >= 4 is 35.1 Å². The fourth-order valence-electron chi connectivity index (χ4n) is 1.97. The largest absolute Gasteiger partial charge is 0.336 e. The van der Waals surface area contributed by atoms with Crippen molar-refractivity contribution < 1.29 is 14.0 Å². The molecule has 0 spiro atoms. The summed E-state index contributed by atoms with van der Waals surface area (Å²) in [6, 6.07) is 12.9. The maximum atomic E-state index is 13.5. The molecule has 0 atom stereocenters. The van der Waals surface area contributed by atoms with Crippen molar-refractivity contribution in [3.8, 4) is 0 Å². The number of carbonyl (C=O) groups is 2. The average Bonchev–Trinajstić information content (AvgIpc) is 2.55. The van der Waals surface area contributed by atoms with Gasteiger partial charge in [-0.05, 0) is 50.2 Å². The quantitative estimate of drug-likeness (QED) is 0.679. The summed E-state index contributed by atoms with van der Waals surface area (Å²) in [6.45, 7) is 3.75. The lowest BCUT2D eigenvalue weighted by atomic mass is 10.3. The summed E-state index contributed by atoms with van der Waals surface area (Å²) >= 11 is 1.14. The Morgan fingerprint density at radius 3 is 2.20 bits per heavy atom. The van der Waals surface area contributed by atoms with Gasteiger partial charge >= 0.3 is 6.03 Å². The van der Waals surface area contributed by atoms with Gasteiger partial charge in [0.1, 0.15) is 5.82 Å². The Bertz CT molecular complexity index is 735. The Hall–Kier alpha value is -2.54. The van der Waals surface area contributed by atoms with Crippen LogP contribution in [0.5, 0.6) is 0 Å². The SMILES string of the molecule is CC(C)NC(=O)Nc1ccc(NC(=O)CSc2ccccc2F)cc1. The van der Waals surface area contributed by atoms with E-state index < -0.39 is 0 Å². The van der Waals surface area contributed by atoms with E-state index in [4.69, 9.17) is 0 Å².